The molecule has 0 aromatic heterocycles. The van der Waals surface area contributed by atoms with Gasteiger partial charge in [-0.15, -0.1) is 0 Å². The van der Waals surface area contributed by atoms with Crippen molar-refractivity contribution in [2.24, 2.45) is 0 Å². The van der Waals surface area contributed by atoms with E-state index in [-0.39, 0.29) is 22.7 Å². The number of halogens is 1. The highest BCUT2D eigenvalue weighted by atomic mass is 79.9. The van der Waals surface area contributed by atoms with Gasteiger partial charge in [0, 0.05) is 18.4 Å². The van der Waals surface area contributed by atoms with E-state index < -0.39 is 0 Å². The van der Waals surface area contributed by atoms with E-state index in [4.69, 9.17) is 4.74 Å². The number of esters is 1. The fourth-order valence-corrected chi connectivity index (χ4v) is 1.95. The Morgan fingerprint density at radius 2 is 2.29 bits per heavy atom. The molecule has 0 aromatic carbocycles. The topological polar surface area (TPSA) is 43.4 Å². The van der Waals surface area contributed by atoms with Gasteiger partial charge in [-0.25, -0.2) is 4.79 Å². The van der Waals surface area contributed by atoms with Crippen molar-refractivity contribution in [2.75, 3.05) is 0 Å². The lowest BCUT2D eigenvalue weighted by Gasteiger charge is -2.15. The van der Waals surface area contributed by atoms with Crippen molar-refractivity contribution in [2.45, 2.75) is 44.0 Å². The first-order valence-corrected chi connectivity index (χ1v) is 6.52. The van der Waals surface area contributed by atoms with E-state index in [1.807, 2.05) is 13.0 Å². The summed E-state index contributed by atoms with van der Waals surface area (Å²) in [7, 11) is 0. The zero-order chi connectivity index (χ0) is 13.0. The van der Waals surface area contributed by atoms with Gasteiger partial charge in [0.2, 0.25) is 0 Å². The van der Waals surface area contributed by atoms with Crippen molar-refractivity contribution in [3.8, 4) is 0 Å². The molecule has 1 saturated heterocycles. The van der Waals surface area contributed by atoms with Crippen LogP contribution >= 0.6 is 15.9 Å². The monoisotopic (exact) mass is 300 g/mol. The minimum absolute atomic E-state index is 0.00911. The summed E-state index contributed by atoms with van der Waals surface area (Å²) >= 11 is 3.46. The van der Waals surface area contributed by atoms with Crippen molar-refractivity contribution in [3.05, 3.63) is 23.8 Å². The van der Waals surface area contributed by atoms with Crippen LogP contribution in [-0.4, -0.2) is 22.7 Å². The average Bonchev–Trinajstić information content (AvgIpc) is 2.58. The van der Waals surface area contributed by atoms with Gasteiger partial charge in [-0.05, 0) is 20.3 Å². The Balaban J connectivity index is 2.58. The van der Waals surface area contributed by atoms with E-state index in [0.29, 0.717) is 24.8 Å². The summed E-state index contributed by atoms with van der Waals surface area (Å²) in [5, 5.41) is 0. The molecular weight excluding hydrogens is 284 g/mol. The van der Waals surface area contributed by atoms with Crippen LogP contribution in [-0.2, 0) is 14.3 Å². The van der Waals surface area contributed by atoms with Crippen LogP contribution < -0.4 is 0 Å². The van der Waals surface area contributed by atoms with Crippen LogP contribution in [0.3, 0.4) is 0 Å². The molecule has 0 N–H and O–H groups in total. The maximum Gasteiger partial charge on any atom is 0.334 e. The third-order valence-electron chi connectivity index (χ3n) is 2.63. The lowest BCUT2D eigenvalue weighted by Crippen LogP contribution is -2.20. The predicted molar refractivity (Wildman–Crippen MR) is 70.0 cm³/mol. The molecule has 0 aliphatic carbocycles. The molecule has 1 heterocycles. The first-order valence-electron chi connectivity index (χ1n) is 5.60. The SMILES string of the molecule is C=C(C)[C@@H](Br)[C@@H]1C/C(=C\CCC(C)=O)C(=O)O1. The Morgan fingerprint density at radius 3 is 2.82 bits per heavy atom. The molecule has 0 amide bonds. The molecule has 0 radical (unpaired) electrons. The van der Waals surface area contributed by atoms with Gasteiger partial charge in [0.25, 0.3) is 0 Å². The molecule has 0 bridgehead atoms. The predicted octanol–water partition coefficient (Wildman–Crippen LogP) is 2.94. The highest BCUT2D eigenvalue weighted by molar-refractivity contribution is 9.09. The fraction of sp³-hybridized carbons (Fsp3) is 0.538. The summed E-state index contributed by atoms with van der Waals surface area (Å²) in [6, 6.07) is 0. The van der Waals surface area contributed by atoms with E-state index in [1.165, 1.54) is 0 Å². The van der Waals surface area contributed by atoms with Crippen LogP contribution in [0.4, 0.5) is 0 Å². The Bertz CT molecular complexity index is 371. The number of ketones is 1. The number of hydrogen-bond acceptors (Lipinski definition) is 3. The van der Waals surface area contributed by atoms with Crippen molar-refractivity contribution in [1.29, 1.82) is 0 Å². The van der Waals surface area contributed by atoms with E-state index in [2.05, 4.69) is 22.5 Å². The van der Waals surface area contributed by atoms with Crippen molar-refractivity contribution < 1.29 is 14.3 Å². The van der Waals surface area contributed by atoms with Crippen molar-refractivity contribution >= 4 is 27.7 Å². The summed E-state index contributed by atoms with van der Waals surface area (Å²) in [6.45, 7) is 7.27. The summed E-state index contributed by atoms with van der Waals surface area (Å²) in [4.78, 5) is 22.3. The second-order valence-electron chi connectivity index (χ2n) is 4.37. The van der Waals surface area contributed by atoms with Crippen molar-refractivity contribution in [3.63, 3.8) is 0 Å². The van der Waals surface area contributed by atoms with Gasteiger partial charge in [0.1, 0.15) is 11.9 Å². The molecule has 1 aliphatic rings. The van der Waals surface area contributed by atoms with Gasteiger partial charge in [-0.1, -0.05) is 34.2 Å². The minimum atomic E-state index is -0.274. The zero-order valence-electron chi connectivity index (χ0n) is 10.2. The number of allylic oxidation sites excluding steroid dienone is 1. The Hall–Kier alpha value is -0.900. The highest BCUT2D eigenvalue weighted by Gasteiger charge is 2.33. The highest BCUT2D eigenvalue weighted by Crippen LogP contribution is 2.29. The lowest BCUT2D eigenvalue weighted by molar-refractivity contribution is -0.138. The van der Waals surface area contributed by atoms with Gasteiger partial charge < -0.3 is 9.53 Å². The summed E-state index contributed by atoms with van der Waals surface area (Å²) in [6.07, 6.45) is 3.29. The molecule has 0 aromatic rings. The summed E-state index contributed by atoms with van der Waals surface area (Å²) in [5.74, 6) is -0.144. The number of carbonyl (C=O) groups excluding carboxylic acids is 2. The molecule has 0 spiro atoms. The first kappa shape index (κ1) is 14.2. The molecule has 1 aliphatic heterocycles. The maximum absolute atomic E-state index is 11.6. The van der Waals surface area contributed by atoms with Crippen LogP contribution in [0.5, 0.6) is 0 Å². The lowest BCUT2D eigenvalue weighted by atomic mass is 10.0. The number of carbonyl (C=O) groups is 2. The number of Topliss-reactive ketones (excluding diaryl/α,β-unsaturated/α-hetero) is 1. The number of cyclic esters (lactones) is 1. The fourth-order valence-electron chi connectivity index (χ4n) is 1.65. The quantitative estimate of drug-likeness (QED) is 0.339. The number of rotatable bonds is 5. The van der Waals surface area contributed by atoms with Crippen LogP contribution in [0.2, 0.25) is 0 Å². The normalized spacial score (nSPS) is 23.6. The second-order valence-corrected chi connectivity index (χ2v) is 5.35. The Morgan fingerprint density at radius 1 is 1.65 bits per heavy atom. The molecule has 0 unspecified atom stereocenters. The second kappa shape index (κ2) is 6.15. The molecule has 2 atom stereocenters. The first-order chi connectivity index (χ1) is 7.91. The maximum atomic E-state index is 11.6. The minimum Gasteiger partial charge on any atom is -0.457 e. The Kier molecular flexibility index (Phi) is 5.12. The summed E-state index contributed by atoms with van der Waals surface area (Å²) < 4.78 is 5.25. The van der Waals surface area contributed by atoms with E-state index in [0.717, 1.165) is 5.57 Å². The van der Waals surface area contributed by atoms with Gasteiger partial charge >= 0.3 is 5.97 Å². The van der Waals surface area contributed by atoms with Gasteiger partial charge in [-0.3, -0.25) is 0 Å². The van der Waals surface area contributed by atoms with Gasteiger partial charge in [0.05, 0.1) is 4.83 Å². The molecule has 3 nitrogen and oxygen atoms in total. The summed E-state index contributed by atoms with van der Waals surface area (Å²) in [5.41, 5.74) is 1.61. The van der Waals surface area contributed by atoms with E-state index in [9.17, 15) is 9.59 Å². The molecule has 1 rings (SSSR count). The number of hydrogen-bond donors (Lipinski definition) is 0. The standard InChI is InChI=1S/C13H17BrO3/c1-8(2)12(14)11-7-10(13(16)17-11)6-4-5-9(3)15/h6,11-12H,1,4-5,7H2,2-3H3/b10-6+/t11-,12+/m0/s1. The van der Waals surface area contributed by atoms with Crippen molar-refractivity contribution in [1.82, 2.24) is 0 Å². The molecule has 1 fully saturated rings. The Labute approximate surface area is 110 Å². The number of ether oxygens (including phenoxy) is 1. The molecular formula is C13H17BrO3. The van der Waals surface area contributed by atoms with Gasteiger partial charge in [0.15, 0.2) is 0 Å². The van der Waals surface area contributed by atoms with Gasteiger partial charge in [-0.2, -0.15) is 0 Å². The molecule has 94 valence electrons. The van der Waals surface area contributed by atoms with E-state index >= 15 is 0 Å². The van der Waals surface area contributed by atoms with Crippen LogP contribution in [0.1, 0.15) is 33.1 Å². The zero-order valence-corrected chi connectivity index (χ0v) is 11.7. The molecule has 4 heteroatoms. The van der Waals surface area contributed by atoms with E-state index in [1.54, 1.807) is 6.92 Å². The third-order valence-corrected chi connectivity index (χ3v) is 4.00. The molecule has 17 heavy (non-hydrogen) atoms. The van der Waals surface area contributed by atoms with Crippen LogP contribution in [0.25, 0.3) is 0 Å². The smallest absolute Gasteiger partial charge is 0.334 e. The van der Waals surface area contributed by atoms with Crippen LogP contribution in [0.15, 0.2) is 23.8 Å². The van der Waals surface area contributed by atoms with Crippen LogP contribution in [0, 0.1) is 0 Å². The average molecular weight is 301 g/mol. The number of alkyl halides is 1. The largest absolute Gasteiger partial charge is 0.457 e. The molecule has 0 saturated carbocycles. The third kappa shape index (κ3) is 4.11.